The maximum Gasteiger partial charge on any atom is 0.356 e. The second-order valence-electron chi connectivity index (χ2n) is 9.78. The largest absolute Gasteiger partial charge is 0.476 e. The average molecular weight is 575 g/mol. The van der Waals surface area contributed by atoms with E-state index in [1.54, 1.807) is 10.8 Å². The molecular formula is C26H20ClFN10O3. The molecule has 206 valence electrons. The predicted molar refractivity (Wildman–Crippen MR) is 142 cm³/mol. The Kier molecular flexibility index (Phi) is 5.78. The average Bonchev–Trinajstić information content (AvgIpc) is 3.34. The summed E-state index contributed by atoms with van der Waals surface area (Å²) in [5, 5.41) is 20.0. The summed E-state index contributed by atoms with van der Waals surface area (Å²) < 4.78 is 21.0. The molecule has 0 saturated heterocycles. The highest BCUT2D eigenvalue weighted by molar-refractivity contribution is 6.31. The molecule has 1 aliphatic carbocycles. The van der Waals surface area contributed by atoms with Crippen molar-refractivity contribution in [3.8, 4) is 5.69 Å². The van der Waals surface area contributed by atoms with Crippen LogP contribution >= 0.6 is 11.6 Å². The van der Waals surface area contributed by atoms with Crippen LogP contribution in [0.25, 0.3) is 16.9 Å². The number of aromatic nitrogens is 9. The molecule has 1 aliphatic rings. The summed E-state index contributed by atoms with van der Waals surface area (Å²) in [7, 11) is 0. The number of rotatable bonds is 8. The maximum atomic E-state index is 14.5. The molecule has 0 unspecified atom stereocenters. The number of halogens is 2. The number of pyridine rings is 2. The number of imidazole rings is 3. The molecule has 0 atom stereocenters. The first-order chi connectivity index (χ1) is 19.8. The highest BCUT2D eigenvalue weighted by atomic mass is 35.5. The summed E-state index contributed by atoms with van der Waals surface area (Å²) in [5.41, 5.74) is 3.65. The summed E-state index contributed by atoms with van der Waals surface area (Å²) in [5.74, 6) is -1.77. The van der Waals surface area contributed by atoms with E-state index >= 15 is 0 Å². The second kappa shape index (κ2) is 9.52. The Morgan fingerprint density at radius 1 is 1.10 bits per heavy atom. The number of hydrogen-bond donors (Lipinski definition) is 2. The molecule has 0 radical (unpaired) electrons. The van der Waals surface area contributed by atoms with Crippen LogP contribution in [0.5, 0.6) is 0 Å². The Morgan fingerprint density at radius 2 is 1.95 bits per heavy atom. The SMILES string of the molecule is O=C(O)c1cn(-c2cc(C3CC3)cn3cc(Cn4cc(C(=O)NCc5ncn6ccc(Cl)c(F)c56)nn4)nc23)cn1. The predicted octanol–water partition coefficient (Wildman–Crippen LogP) is 3.11. The van der Waals surface area contributed by atoms with Crippen LogP contribution in [0.4, 0.5) is 4.39 Å². The molecule has 2 N–H and O–H groups in total. The third kappa shape index (κ3) is 4.57. The van der Waals surface area contributed by atoms with E-state index in [2.05, 4.69) is 25.6 Å². The molecular weight excluding hydrogens is 555 g/mol. The van der Waals surface area contributed by atoms with Gasteiger partial charge in [0.15, 0.2) is 22.9 Å². The number of amides is 1. The lowest BCUT2D eigenvalue weighted by atomic mass is 10.2. The molecule has 0 aromatic carbocycles. The van der Waals surface area contributed by atoms with Crippen molar-refractivity contribution >= 4 is 34.6 Å². The van der Waals surface area contributed by atoms with Crippen molar-refractivity contribution in [3.63, 3.8) is 0 Å². The molecule has 6 heterocycles. The van der Waals surface area contributed by atoms with E-state index in [-0.39, 0.29) is 35.0 Å². The van der Waals surface area contributed by atoms with Crippen LogP contribution in [0, 0.1) is 5.82 Å². The number of hydrogen-bond acceptors (Lipinski definition) is 7. The van der Waals surface area contributed by atoms with E-state index in [4.69, 9.17) is 16.6 Å². The fourth-order valence-corrected chi connectivity index (χ4v) is 4.88. The van der Waals surface area contributed by atoms with Gasteiger partial charge < -0.3 is 23.8 Å². The van der Waals surface area contributed by atoms with Crippen molar-refractivity contribution in [1.82, 2.24) is 48.6 Å². The number of nitrogens with zero attached hydrogens (tertiary/aromatic N) is 9. The lowest BCUT2D eigenvalue weighted by Gasteiger charge is -2.08. The summed E-state index contributed by atoms with van der Waals surface area (Å²) in [4.78, 5) is 37.0. The van der Waals surface area contributed by atoms with E-state index in [0.717, 1.165) is 18.4 Å². The minimum Gasteiger partial charge on any atom is -0.476 e. The van der Waals surface area contributed by atoms with Gasteiger partial charge in [0.25, 0.3) is 5.91 Å². The molecule has 7 rings (SSSR count). The fraction of sp³-hybridized carbons (Fsp3) is 0.192. The van der Waals surface area contributed by atoms with Gasteiger partial charge in [-0.25, -0.2) is 28.8 Å². The zero-order valence-electron chi connectivity index (χ0n) is 21.1. The molecule has 1 fully saturated rings. The summed E-state index contributed by atoms with van der Waals surface area (Å²) in [6.07, 6.45) is 13.5. The Labute approximate surface area is 234 Å². The van der Waals surface area contributed by atoms with Gasteiger partial charge in [0.1, 0.15) is 11.8 Å². The van der Waals surface area contributed by atoms with Crippen LogP contribution in [-0.2, 0) is 13.1 Å². The highest BCUT2D eigenvalue weighted by Gasteiger charge is 2.26. The molecule has 6 aromatic heterocycles. The van der Waals surface area contributed by atoms with E-state index in [1.807, 2.05) is 22.9 Å². The number of carbonyl (C=O) groups is 2. The third-order valence-corrected chi connectivity index (χ3v) is 7.20. The van der Waals surface area contributed by atoms with Gasteiger partial charge in [-0.15, -0.1) is 5.10 Å². The number of carbonyl (C=O) groups excluding carboxylic acids is 1. The zero-order chi connectivity index (χ0) is 28.2. The van der Waals surface area contributed by atoms with E-state index in [1.165, 1.54) is 40.2 Å². The van der Waals surface area contributed by atoms with E-state index in [0.29, 0.717) is 28.6 Å². The minimum atomic E-state index is -1.11. The van der Waals surface area contributed by atoms with Crippen molar-refractivity contribution in [2.24, 2.45) is 0 Å². The van der Waals surface area contributed by atoms with Gasteiger partial charge in [0.2, 0.25) is 0 Å². The van der Waals surface area contributed by atoms with Crippen LogP contribution in [0.2, 0.25) is 5.02 Å². The number of nitrogens with one attached hydrogen (secondary N) is 1. The van der Waals surface area contributed by atoms with Crippen molar-refractivity contribution < 1.29 is 19.1 Å². The van der Waals surface area contributed by atoms with Gasteiger partial charge in [-0.1, -0.05) is 16.8 Å². The van der Waals surface area contributed by atoms with Crippen molar-refractivity contribution in [2.75, 3.05) is 0 Å². The Hall–Kier alpha value is -5.11. The standard InChI is InChI=1S/C26H20ClFN10O3/c27-17-3-4-35-12-30-18(23(35)22(17)28)6-29-25(39)19-11-38(34-33-19)9-16-8-36-7-15(14-1-2-14)5-21(24(36)32-16)37-10-20(26(40)41)31-13-37/h3-5,7-8,10-14H,1-2,6,9H2,(H,29,39)(H,40,41). The molecule has 13 nitrogen and oxygen atoms in total. The lowest BCUT2D eigenvalue weighted by Crippen LogP contribution is -2.23. The first kappa shape index (κ1) is 24.9. The van der Waals surface area contributed by atoms with Crippen LogP contribution in [0.3, 0.4) is 0 Å². The molecule has 0 spiro atoms. The molecule has 41 heavy (non-hydrogen) atoms. The summed E-state index contributed by atoms with van der Waals surface area (Å²) in [6, 6.07) is 3.44. The first-order valence-electron chi connectivity index (χ1n) is 12.6. The van der Waals surface area contributed by atoms with E-state index < -0.39 is 17.7 Å². The second-order valence-corrected chi connectivity index (χ2v) is 10.2. The highest BCUT2D eigenvalue weighted by Crippen LogP contribution is 2.41. The van der Waals surface area contributed by atoms with Crippen LogP contribution in [0.1, 0.15) is 56.7 Å². The van der Waals surface area contributed by atoms with Gasteiger partial charge >= 0.3 is 5.97 Å². The molecule has 0 aliphatic heterocycles. The normalized spacial score (nSPS) is 13.3. The van der Waals surface area contributed by atoms with Crippen LogP contribution in [-0.4, -0.2) is 60.3 Å². The lowest BCUT2D eigenvalue weighted by molar-refractivity contribution is 0.0690. The number of fused-ring (bicyclic) bond motifs is 2. The van der Waals surface area contributed by atoms with Gasteiger partial charge in [-0.05, 0) is 36.5 Å². The Balaban J connectivity index is 1.11. The smallest absolute Gasteiger partial charge is 0.356 e. The first-order valence-corrected chi connectivity index (χ1v) is 13.0. The minimum absolute atomic E-state index is 0.0319. The van der Waals surface area contributed by atoms with Crippen molar-refractivity contribution in [1.29, 1.82) is 0 Å². The number of aromatic carboxylic acids is 1. The molecule has 6 aromatic rings. The Bertz CT molecular complexity index is 1990. The topological polar surface area (TPSA) is 150 Å². The van der Waals surface area contributed by atoms with E-state index in [9.17, 15) is 19.1 Å². The summed E-state index contributed by atoms with van der Waals surface area (Å²) >= 11 is 5.89. The van der Waals surface area contributed by atoms with Gasteiger partial charge in [-0.2, -0.15) is 0 Å². The third-order valence-electron chi connectivity index (χ3n) is 6.91. The van der Waals surface area contributed by atoms with Crippen molar-refractivity contribution in [2.45, 2.75) is 31.8 Å². The quantitative estimate of drug-likeness (QED) is 0.281. The Morgan fingerprint density at radius 3 is 2.73 bits per heavy atom. The van der Waals surface area contributed by atoms with Gasteiger partial charge in [0.05, 0.1) is 47.7 Å². The fourth-order valence-electron chi connectivity index (χ4n) is 4.74. The zero-order valence-corrected chi connectivity index (χ0v) is 21.9. The van der Waals surface area contributed by atoms with Gasteiger partial charge in [-0.3, -0.25) is 4.79 Å². The van der Waals surface area contributed by atoms with Crippen LogP contribution in [0.15, 0.2) is 55.8 Å². The molecule has 1 amide bonds. The number of carboxylic acid groups (broad SMARTS) is 1. The molecule has 1 saturated carbocycles. The molecule has 0 bridgehead atoms. The molecule has 15 heteroatoms. The van der Waals surface area contributed by atoms with Crippen LogP contribution < -0.4 is 5.32 Å². The monoisotopic (exact) mass is 574 g/mol. The summed E-state index contributed by atoms with van der Waals surface area (Å²) in [6.45, 7) is 0.204. The maximum absolute atomic E-state index is 14.5. The van der Waals surface area contributed by atoms with Crippen molar-refractivity contribution in [3.05, 3.63) is 95.0 Å². The van der Waals surface area contributed by atoms with Gasteiger partial charge in [0, 0.05) is 24.8 Å². The number of carboxylic acids is 1.